The Bertz CT molecular complexity index is 67.7. The molecule has 0 aromatic carbocycles. The summed E-state index contributed by atoms with van der Waals surface area (Å²) in [7, 11) is 0. The maximum atomic E-state index is 8.24. The second kappa shape index (κ2) is 53.5. The first-order valence-corrected chi connectivity index (χ1v) is 0.855. The number of hydrogen-bond donors (Lipinski definition) is 0. The van der Waals surface area contributed by atoms with E-state index in [4.69, 9.17) is 20.4 Å². The molecule has 5 heteroatoms. The van der Waals surface area contributed by atoms with Gasteiger partial charge in [0.2, 0.25) is 0 Å². The summed E-state index contributed by atoms with van der Waals surface area (Å²) in [6, 6.07) is 0. The van der Waals surface area contributed by atoms with Crippen LogP contribution in [-0.2, 0) is 29.4 Å². The third-order valence-corrected chi connectivity index (χ3v) is 0. The van der Waals surface area contributed by atoms with Crippen molar-refractivity contribution in [1.29, 1.82) is 0 Å². The molecule has 0 N–H and O–H groups in total. The van der Waals surface area contributed by atoms with Gasteiger partial charge in [-0.1, -0.05) is 0 Å². The molecule has 0 bridgehead atoms. The maximum absolute atomic E-state index is 8.24. The van der Waals surface area contributed by atoms with Crippen molar-refractivity contribution >= 4 is 12.2 Å². The second-order valence-electron chi connectivity index (χ2n) is 0.183. The number of isocyanates is 2. The van der Waals surface area contributed by atoms with Crippen molar-refractivity contribution in [2.75, 3.05) is 0 Å². The van der Waals surface area contributed by atoms with Crippen LogP contribution in [0.15, 0.2) is 0 Å². The minimum Gasteiger partial charge on any atom is -0.724 e. The minimum absolute atomic E-state index is 0. The maximum Gasteiger partial charge on any atom is 2.00 e. The van der Waals surface area contributed by atoms with Crippen molar-refractivity contribution in [2.45, 2.75) is 0 Å². The Labute approximate surface area is 53.0 Å². The second-order valence-corrected chi connectivity index (χ2v) is 0.183. The SMILES string of the molecule is [N-]=C=O.[N-]=C=O.[Os+2]. The van der Waals surface area contributed by atoms with Crippen molar-refractivity contribution < 1.29 is 29.4 Å². The first kappa shape index (κ1) is 16.1. The molecule has 0 saturated heterocycles. The Balaban J connectivity index is -0.0000000400. The Morgan fingerprint density at radius 3 is 1.00 bits per heavy atom. The zero-order chi connectivity index (χ0) is 5.41. The monoisotopic (exact) mass is 276 g/mol. The molecular weight excluding hydrogens is 274 g/mol. The van der Waals surface area contributed by atoms with Crippen LogP contribution in [0.4, 0.5) is 0 Å². The van der Waals surface area contributed by atoms with Gasteiger partial charge in [-0.2, -0.15) is 0 Å². The molecule has 0 aromatic rings. The van der Waals surface area contributed by atoms with Crippen LogP contribution in [0.25, 0.3) is 10.8 Å². The van der Waals surface area contributed by atoms with E-state index in [1.807, 2.05) is 0 Å². The summed E-state index contributed by atoms with van der Waals surface area (Å²) in [5.74, 6) is 0. The topological polar surface area (TPSA) is 78.7 Å². The van der Waals surface area contributed by atoms with E-state index < -0.39 is 0 Å². The smallest absolute Gasteiger partial charge is 0.724 e. The molecule has 4 nitrogen and oxygen atoms in total. The third-order valence-electron chi connectivity index (χ3n) is 0. The molecule has 0 radical (unpaired) electrons. The molecule has 0 spiro atoms. The van der Waals surface area contributed by atoms with Gasteiger partial charge in [-0.15, -0.1) is 0 Å². The van der Waals surface area contributed by atoms with Crippen molar-refractivity contribution in [3.63, 3.8) is 0 Å². The van der Waals surface area contributed by atoms with E-state index in [0.717, 1.165) is 0 Å². The van der Waals surface area contributed by atoms with E-state index in [0.29, 0.717) is 12.2 Å². The normalized spacial score (nSPS) is 2.29. The van der Waals surface area contributed by atoms with Gasteiger partial charge in [0.1, 0.15) is 0 Å². The number of hydrogen-bond acceptors (Lipinski definition) is 2. The van der Waals surface area contributed by atoms with Gasteiger partial charge in [0, 0.05) is 0 Å². The molecule has 0 rings (SSSR count). The van der Waals surface area contributed by atoms with Crippen LogP contribution in [0, 0.1) is 0 Å². The van der Waals surface area contributed by atoms with Gasteiger partial charge in [0.15, 0.2) is 0 Å². The van der Waals surface area contributed by atoms with Crippen LogP contribution in [0.5, 0.6) is 0 Å². The minimum atomic E-state index is 0. The summed E-state index contributed by atoms with van der Waals surface area (Å²) >= 11 is 0. The molecule has 0 aliphatic heterocycles. The standard InChI is InChI=1S/2CNO.Os/c2*2-1-3;/q2*-1;+2. The van der Waals surface area contributed by atoms with Crippen LogP contribution >= 0.6 is 0 Å². The van der Waals surface area contributed by atoms with Crippen molar-refractivity contribution in [3.8, 4) is 0 Å². The average molecular weight is 274 g/mol. The van der Waals surface area contributed by atoms with Crippen molar-refractivity contribution in [2.24, 2.45) is 0 Å². The van der Waals surface area contributed by atoms with E-state index in [2.05, 4.69) is 0 Å². The summed E-state index contributed by atoms with van der Waals surface area (Å²) in [4.78, 5) is 16.5. The van der Waals surface area contributed by atoms with Gasteiger partial charge in [-0.3, -0.25) is 9.59 Å². The number of rotatable bonds is 0. The average Bonchev–Trinajstić information content (AvgIpc) is 1.39. The molecule has 0 aliphatic carbocycles. The third kappa shape index (κ3) is 171. The van der Waals surface area contributed by atoms with Gasteiger partial charge in [0.05, 0.1) is 0 Å². The zero-order valence-corrected chi connectivity index (χ0v) is 5.60. The molecule has 0 amide bonds. The molecule has 0 unspecified atom stereocenters. The molecule has 7 heavy (non-hydrogen) atoms. The molecule has 38 valence electrons. The van der Waals surface area contributed by atoms with Gasteiger partial charge in [0.25, 0.3) is 0 Å². The summed E-state index contributed by atoms with van der Waals surface area (Å²) in [6.45, 7) is 0. The van der Waals surface area contributed by atoms with Crippen LogP contribution in [0.2, 0.25) is 0 Å². The van der Waals surface area contributed by atoms with Crippen molar-refractivity contribution in [1.82, 2.24) is 0 Å². The van der Waals surface area contributed by atoms with Crippen LogP contribution < -0.4 is 0 Å². The van der Waals surface area contributed by atoms with Gasteiger partial charge >= 0.3 is 19.8 Å². The predicted molar refractivity (Wildman–Crippen MR) is 18.1 cm³/mol. The molecular formula is C2N2O2Os. The molecule has 0 aromatic heterocycles. The predicted octanol–water partition coefficient (Wildman–Crippen LogP) is -0.219. The Kier molecular flexibility index (Phi) is 123. The zero-order valence-electron chi connectivity index (χ0n) is 3.06. The largest absolute Gasteiger partial charge is 2.00 e. The van der Waals surface area contributed by atoms with Crippen LogP contribution in [0.1, 0.15) is 0 Å². The Morgan fingerprint density at radius 1 is 1.00 bits per heavy atom. The van der Waals surface area contributed by atoms with E-state index in [1.54, 1.807) is 0 Å². The van der Waals surface area contributed by atoms with E-state index >= 15 is 0 Å². The fourth-order valence-corrected chi connectivity index (χ4v) is 0. The number of nitrogens with zero attached hydrogens (tertiary/aromatic N) is 2. The molecule has 0 aliphatic rings. The first-order valence-electron chi connectivity index (χ1n) is 0.855. The molecule has 0 saturated carbocycles. The fourth-order valence-electron chi connectivity index (χ4n) is 0. The molecule has 0 fully saturated rings. The van der Waals surface area contributed by atoms with Crippen LogP contribution in [0.3, 0.4) is 0 Å². The summed E-state index contributed by atoms with van der Waals surface area (Å²) in [5, 5.41) is 13.5. The summed E-state index contributed by atoms with van der Waals surface area (Å²) in [6.07, 6.45) is 1.00. The van der Waals surface area contributed by atoms with Gasteiger partial charge in [-0.25, -0.2) is 0 Å². The van der Waals surface area contributed by atoms with E-state index in [-0.39, 0.29) is 19.8 Å². The molecule has 0 atom stereocenters. The summed E-state index contributed by atoms with van der Waals surface area (Å²) < 4.78 is 0. The van der Waals surface area contributed by atoms with E-state index in [1.165, 1.54) is 0 Å². The van der Waals surface area contributed by atoms with Gasteiger partial charge < -0.3 is 10.8 Å². The molecule has 0 heterocycles. The Morgan fingerprint density at radius 2 is 1.00 bits per heavy atom. The quantitative estimate of drug-likeness (QED) is 0.452. The van der Waals surface area contributed by atoms with Crippen LogP contribution in [-0.4, -0.2) is 12.2 Å². The summed E-state index contributed by atoms with van der Waals surface area (Å²) in [5.41, 5.74) is 0. The van der Waals surface area contributed by atoms with E-state index in [9.17, 15) is 0 Å². The number of carbonyl (C=O) groups excluding carboxylic acids is 2. The van der Waals surface area contributed by atoms with Crippen molar-refractivity contribution in [3.05, 3.63) is 10.8 Å². The fraction of sp³-hybridized carbons (Fsp3) is 0. The Hall–Kier alpha value is -0.604. The van der Waals surface area contributed by atoms with Gasteiger partial charge in [-0.05, 0) is 12.2 Å². The first-order chi connectivity index (χ1) is 2.83.